The first kappa shape index (κ1) is 13.0. The monoisotopic (exact) mass is 267 g/mol. The Morgan fingerprint density at radius 2 is 1.85 bits per heavy atom. The molecule has 20 heavy (non-hydrogen) atoms. The number of fused-ring (bicyclic) bond motifs is 1. The second-order valence-electron chi connectivity index (χ2n) is 5.97. The van der Waals surface area contributed by atoms with Crippen molar-refractivity contribution >= 4 is 16.7 Å². The number of nitrogens with zero attached hydrogens (tertiary/aromatic N) is 2. The van der Waals surface area contributed by atoms with Gasteiger partial charge in [0.05, 0.1) is 12.1 Å². The van der Waals surface area contributed by atoms with Crippen LogP contribution in [0.3, 0.4) is 0 Å². The molecule has 1 aliphatic rings. The van der Waals surface area contributed by atoms with Crippen molar-refractivity contribution in [2.45, 2.75) is 32.4 Å². The maximum atomic E-state index is 6.08. The fraction of sp³-hybridized carbons (Fsp3) is 0.353. The highest BCUT2D eigenvalue weighted by atomic mass is 15.4. The lowest BCUT2D eigenvalue weighted by atomic mass is 9.88. The number of nitrogens with two attached hydrogens (primary N) is 1. The van der Waals surface area contributed by atoms with E-state index >= 15 is 0 Å². The predicted molar refractivity (Wildman–Crippen MR) is 84.8 cm³/mol. The van der Waals surface area contributed by atoms with E-state index in [4.69, 9.17) is 5.73 Å². The molecule has 3 nitrogen and oxygen atoms in total. The Morgan fingerprint density at radius 1 is 1.15 bits per heavy atom. The van der Waals surface area contributed by atoms with Crippen molar-refractivity contribution in [1.29, 1.82) is 0 Å². The average Bonchev–Trinajstić information content (AvgIpc) is 2.75. The van der Waals surface area contributed by atoms with E-state index in [0.717, 1.165) is 6.54 Å². The molecule has 0 aliphatic carbocycles. The summed E-state index contributed by atoms with van der Waals surface area (Å²) in [5.74, 6) is 0.649. The summed E-state index contributed by atoms with van der Waals surface area (Å²) in [6.07, 6.45) is 0. The summed E-state index contributed by atoms with van der Waals surface area (Å²) < 4.78 is 0. The van der Waals surface area contributed by atoms with Gasteiger partial charge in [0.25, 0.3) is 0 Å². The van der Waals surface area contributed by atoms with Crippen LogP contribution in [0.1, 0.15) is 26.3 Å². The van der Waals surface area contributed by atoms with E-state index in [0.29, 0.717) is 12.0 Å². The van der Waals surface area contributed by atoms with E-state index in [-0.39, 0.29) is 5.54 Å². The SMILES string of the molecule is CC(C)N1C(N)=NCC1(C)c1ccc2ccccc2c1. The molecule has 0 radical (unpaired) electrons. The number of rotatable bonds is 2. The Kier molecular flexibility index (Phi) is 2.93. The molecule has 0 amide bonds. The van der Waals surface area contributed by atoms with Crippen LogP contribution in [0.2, 0.25) is 0 Å². The molecule has 0 aromatic heterocycles. The second-order valence-corrected chi connectivity index (χ2v) is 5.97. The minimum absolute atomic E-state index is 0.151. The van der Waals surface area contributed by atoms with Crippen molar-refractivity contribution in [3.05, 3.63) is 48.0 Å². The third kappa shape index (κ3) is 1.85. The van der Waals surface area contributed by atoms with Crippen molar-refractivity contribution in [3.8, 4) is 0 Å². The number of hydrogen-bond donors (Lipinski definition) is 1. The standard InChI is InChI=1S/C17H21N3/c1-12(2)20-16(18)19-11-17(20,3)15-9-8-13-6-4-5-7-14(13)10-15/h4-10,12H,11H2,1-3H3,(H2,18,19). The maximum absolute atomic E-state index is 6.08. The zero-order valence-electron chi connectivity index (χ0n) is 12.3. The van der Waals surface area contributed by atoms with Gasteiger partial charge in [-0.05, 0) is 43.2 Å². The molecule has 2 N–H and O–H groups in total. The summed E-state index contributed by atoms with van der Waals surface area (Å²) >= 11 is 0. The molecule has 0 bridgehead atoms. The minimum Gasteiger partial charge on any atom is -0.370 e. The van der Waals surface area contributed by atoms with Gasteiger partial charge in [0.15, 0.2) is 5.96 Å². The lowest BCUT2D eigenvalue weighted by Crippen LogP contribution is -2.51. The molecule has 1 aliphatic heterocycles. The average molecular weight is 267 g/mol. The van der Waals surface area contributed by atoms with E-state index in [1.54, 1.807) is 0 Å². The van der Waals surface area contributed by atoms with Crippen molar-refractivity contribution < 1.29 is 0 Å². The summed E-state index contributed by atoms with van der Waals surface area (Å²) in [6.45, 7) is 7.26. The van der Waals surface area contributed by atoms with Crippen LogP contribution in [0.25, 0.3) is 10.8 Å². The number of benzene rings is 2. The Balaban J connectivity index is 2.10. The molecule has 1 atom stereocenters. The molecule has 1 heterocycles. The summed E-state index contributed by atoms with van der Waals surface area (Å²) in [7, 11) is 0. The molecule has 1 unspecified atom stereocenters. The van der Waals surface area contributed by atoms with Gasteiger partial charge in [-0.2, -0.15) is 0 Å². The van der Waals surface area contributed by atoms with Crippen LogP contribution >= 0.6 is 0 Å². The predicted octanol–water partition coefficient (Wildman–Crippen LogP) is 3.09. The Labute approximate surface area is 120 Å². The molecular formula is C17H21N3. The van der Waals surface area contributed by atoms with Crippen molar-refractivity contribution in [2.24, 2.45) is 10.7 Å². The molecule has 0 saturated carbocycles. The highest BCUT2D eigenvalue weighted by Crippen LogP contribution is 2.35. The highest BCUT2D eigenvalue weighted by Gasteiger charge is 2.40. The topological polar surface area (TPSA) is 41.6 Å². The van der Waals surface area contributed by atoms with Crippen LogP contribution in [0, 0.1) is 0 Å². The zero-order chi connectivity index (χ0) is 14.3. The van der Waals surface area contributed by atoms with E-state index in [1.165, 1.54) is 16.3 Å². The first-order valence-electron chi connectivity index (χ1n) is 7.11. The van der Waals surface area contributed by atoms with Crippen molar-refractivity contribution in [3.63, 3.8) is 0 Å². The van der Waals surface area contributed by atoms with Gasteiger partial charge in [-0.3, -0.25) is 4.99 Å². The lowest BCUT2D eigenvalue weighted by Gasteiger charge is -2.39. The summed E-state index contributed by atoms with van der Waals surface area (Å²) in [6, 6.07) is 15.4. The van der Waals surface area contributed by atoms with Gasteiger partial charge < -0.3 is 10.6 Å². The molecule has 0 saturated heterocycles. The van der Waals surface area contributed by atoms with E-state index in [2.05, 4.69) is 73.1 Å². The molecule has 104 valence electrons. The molecule has 0 spiro atoms. The number of aliphatic imine (C=N–C) groups is 1. The van der Waals surface area contributed by atoms with Gasteiger partial charge in [0.2, 0.25) is 0 Å². The third-order valence-corrected chi connectivity index (χ3v) is 4.22. The smallest absolute Gasteiger partial charge is 0.192 e. The fourth-order valence-corrected chi connectivity index (χ4v) is 3.23. The first-order valence-corrected chi connectivity index (χ1v) is 7.11. The molecule has 0 fully saturated rings. The van der Waals surface area contributed by atoms with Gasteiger partial charge in [0.1, 0.15) is 0 Å². The van der Waals surface area contributed by atoms with Crippen LogP contribution in [-0.2, 0) is 5.54 Å². The summed E-state index contributed by atoms with van der Waals surface area (Å²) in [5, 5.41) is 2.53. The minimum atomic E-state index is -0.151. The first-order chi connectivity index (χ1) is 9.52. The molecule has 2 aromatic carbocycles. The Bertz CT molecular complexity index is 675. The number of guanidine groups is 1. The largest absolute Gasteiger partial charge is 0.370 e. The van der Waals surface area contributed by atoms with Crippen LogP contribution < -0.4 is 5.73 Å². The highest BCUT2D eigenvalue weighted by molar-refractivity contribution is 5.85. The summed E-state index contributed by atoms with van der Waals surface area (Å²) in [5.41, 5.74) is 7.20. The summed E-state index contributed by atoms with van der Waals surface area (Å²) in [4.78, 5) is 6.69. The van der Waals surface area contributed by atoms with Gasteiger partial charge in [-0.15, -0.1) is 0 Å². The lowest BCUT2D eigenvalue weighted by molar-refractivity contribution is 0.185. The molecule has 3 heteroatoms. The van der Waals surface area contributed by atoms with Gasteiger partial charge in [-0.1, -0.05) is 36.4 Å². The van der Waals surface area contributed by atoms with Crippen LogP contribution in [0.4, 0.5) is 0 Å². The van der Waals surface area contributed by atoms with Gasteiger partial charge in [-0.25, -0.2) is 0 Å². The van der Waals surface area contributed by atoms with Crippen molar-refractivity contribution in [2.75, 3.05) is 6.54 Å². The van der Waals surface area contributed by atoms with E-state index in [1.807, 2.05) is 0 Å². The maximum Gasteiger partial charge on any atom is 0.192 e. The van der Waals surface area contributed by atoms with E-state index < -0.39 is 0 Å². The second kappa shape index (κ2) is 4.51. The number of hydrogen-bond acceptors (Lipinski definition) is 3. The van der Waals surface area contributed by atoms with E-state index in [9.17, 15) is 0 Å². The fourth-order valence-electron chi connectivity index (χ4n) is 3.23. The quantitative estimate of drug-likeness (QED) is 0.908. The normalized spacial score (nSPS) is 22.6. The van der Waals surface area contributed by atoms with Crippen LogP contribution in [0.5, 0.6) is 0 Å². The van der Waals surface area contributed by atoms with Gasteiger partial charge >= 0.3 is 0 Å². The third-order valence-electron chi connectivity index (χ3n) is 4.22. The Morgan fingerprint density at radius 3 is 2.55 bits per heavy atom. The molecular weight excluding hydrogens is 246 g/mol. The molecule has 2 aromatic rings. The van der Waals surface area contributed by atoms with Crippen LogP contribution in [0.15, 0.2) is 47.5 Å². The van der Waals surface area contributed by atoms with Gasteiger partial charge in [0, 0.05) is 6.04 Å². The Hall–Kier alpha value is -2.03. The molecule has 3 rings (SSSR count). The zero-order valence-corrected chi connectivity index (χ0v) is 12.3. The van der Waals surface area contributed by atoms with Crippen LogP contribution in [-0.4, -0.2) is 23.4 Å². The van der Waals surface area contributed by atoms with Crippen molar-refractivity contribution in [1.82, 2.24) is 4.90 Å².